The van der Waals surface area contributed by atoms with Gasteiger partial charge in [-0.1, -0.05) is 73.1 Å². The van der Waals surface area contributed by atoms with Gasteiger partial charge in [0.1, 0.15) is 18.1 Å². The average molecular weight is 646 g/mol. The second-order valence-electron chi connectivity index (χ2n) is 16.0. The monoisotopic (exact) mass is 645 g/mol. The summed E-state index contributed by atoms with van der Waals surface area (Å²) in [6.45, 7) is 13.4. The molecule has 5 amide bonds. The van der Waals surface area contributed by atoms with E-state index in [2.05, 4.69) is 29.8 Å². The van der Waals surface area contributed by atoms with Crippen molar-refractivity contribution in [1.82, 2.24) is 20.9 Å². The Morgan fingerprint density at radius 1 is 0.913 bits per heavy atom. The van der Waals surface area contributed by atoms with Crippen LogP contribution in [0.3, 0.4) is 0 Å². The quantitative estimate of drug-likeness (QED) is 0.186. The smallest absolute Gasteiger partial charge is 0.329 e. The van der Waals surface area contributed by atoms with Gasteiger partial charge in [-0.15, -0.1) is 0 Å². The van der Waals surface area contributed by atoms with Crippen LogP contribution in [0.2, 0.25) is 0 Å². The zero-order valence-electron chi connectivity index (χ0n) is 28.6. The SMILES string of the molecule is CC(C)OC(=O)[C@@H](NC(=O)N[C@H](C(=O)N1C[C@H]2[C@@H]([C@H]1C(=O)NC(CC1CCC1)C(=O)C(N)=O)C2(C)C)C1CCCCC1)C(C)(C)C. The number of ether oxygens (including phenoxy) is 1. The number of piperidine rings is 1. The molecule has 0 aromatic rings. The molecule has 1 aliphatic heterocycles. The van der Waals surface area contributed by atoms with E-state index in [1.54, 1.807) is 18.7 Å². The Morgan fingerprint density at radius 2 is 1.54 bits per heavy atom. The third-order valence-corrected chi connectivity index (χ3v) is 10.8. The molecule has 258 valence electrons. The molecule has 12 heteroatoms. The first-order valence-corrected chi connectivity index (χ1v) is 17.2. The highest BCUT2D eigenvalue weighted by molar-refractivity contribution is 6.37. The van der Waals surface area contributed by atoms with Crippen LogP contribution in [0.15, 0.2) is 0 Å². The Bertz CT molecular complexity index is 1200. The van der Waals surface area contributed by atoms with Crippen molar-refractivity contribution in [3.05, 3.63) is 0 Å². The van der Waals surface area contributed by atoms with Crippen molar-refractivity contribution >= 4 is 35.5 Å². The number of rotatable bonds is 12. The first-order chi connectivity index (χ1) is 21.4. The molecule has 1 saturated heterocycles. The molecule has 4 aliphatic rings. The van der Waals surface area contributed by atoms with E-state index in [0.29, 0.717) is 13.0 Å². The summed E-state index contributed by atoms with van der Waals surface area (Å²) < 4.78 is 5.41. The van der Waals surface area contributed by atoms with Crippen LogP contribution in [0.1, 0.15) is 106 Å². The van der Waals surface area contributed by atoms with Crippen molar-refractivity contribution in [2.45, 2.75) is 137 Å². The Hall–Kier alpha value is -3.18. The minimum absolute atomic E-state index is 0.0843. The minimum atomic E-state index is -1.09. The fourth-order valence-corrected chi connectivity index (χ4v) is 7.81. The lowest BCUT2D eigenvalue weighted by Gasteiger charge is -2.38. The number of hydrogen-bond donors (Lipinski definition) is 4. The fraction of sp³-hybridized carbons (Fsp3) is 0.824. The number of nitrogens with zero attached hydrogens (tertiary/aromatic N) is 1. The van der Waals surface area contributed by atoms with Crippen molar-refractivity contribution in [1.29, 1.82) is 0 Å². The van der Waals surface area contributed by atoms with Crippen LogP contribution in [-0.4, -0.2) is 77.2 Å². The molecular weight excluding hydrogens is 590 g/mol. The third-order valence-electron chi connectivity index (χ3n) is 10.8. The number of ketones is 1. The molecule has 4 fully saturated rings. The van der Waals surface area contributed by atoms with Gasteiger partial charge in [0.05, 0.1) is 12.1 Å². The van der Waals surface area contributed by atoms with E-state index >= 15 is 0 Å². The zero-order valence-corrected chi connectivity index (χ0v) is 28.6. The summed E-state index contributed by atoms with van der Waals surface area (Å²) in [6.07, 6.45) is 7.23. The molecular formula is C34H55N5O7. The van der Waals surface area contributed by atoms with Gasteiger partial charge in [-0.25, -0.2) is 9.59 Å². The second-order valence-corrected chi connectivity index (χ2v) is 16.0. The van der Waals surface area contributed by atoms with Crippen molar-refractivity contribution in [3.8, 4) is 0 Å². The molecule has 4 rings (SSSR count). The van der Waals surface area contributed by atoms with Crippen LogP contribution in [0.4, 0.5) is 4.79 Å². The molecule has 0 aromatic carbocycles. The van der Waals surface area contributed by atoms with Gasteiger partial charge in [0.2, 0.25) is 17.6 Å². The van der Waals surface area contributed by atoms with Crippen LogP contribution < -0.4 is 21.7 Å². The molecule has 3 aliphatic carbocycles. The number of Topliss-reactive ketones (excluding diaryl/α,β-unsaturated/α-hetero) is 1. The van der Waals surface area contributed by atoms with Crippen molar-refractivity contribution in [3.63, 3.8) is 0 Å². The van der Waals surface area contributed by atoms with Gasteiger partial charge in [-0.3, -0.25) is 19.2 Å². The van der Waals surface area contributed by atoms with Gasteiger partial charge in [0.25, 0.3) is 5.91 Å². The van der Waals surface area contributed by atoms with Gasteiger partial charge in [-0.2, -0.15) is 0 Å². The van der Waals surface area contributed by atoms with Crippen molar-refractivity contribution in [2.75, 3.05) is 6.54 Å². The Labute approximate surface area is 273 Å². The number of primary amides is 1. The number of amides is 5. The maximum Gasteiger partial charge on any atom is 0.329 e. The van der Waals surface area contributed by atoms with E-state index in [1.165, 1.54) is 0 Å². The molecule has 5 N–H and O–H groups in total. The summed E-state index contributed by atoms with van der Waals surface area (Å²) in [4.78, 5) is 81.1. The lowest BCUT2D eigenvalue weighted by atomic mass is 9.80. The van der Waals surface area contributed by atoms with Gasteiger partial charge in [0, 0.05) is 6.54 Å². The number of esters is 1. The maximum atomic E-state index is 14.5. The summed E-state index contributed by atoms with van der Waals surface area (Å²) in [5.41, 5.74) is 4.51. The lowest BCUT2D eigenvalue weighted by molar-refractivity contribution is -0.152. The molecule has 1 heterocycles. The van der Waals surface area contributed by atoms with Gasteiger partial charge >= 0.3 is 12.0 Å². The largest absolute Gasteiger partial charge is 0.461 e. The topological polar surface area (TPSA) is 177 Å². The number of urea groups is 1. The van der Waals surface area contributed by atoms with Crippen LogP contribution in [0.5, 0.6) is 0 Å². The molecule has 0 aromatic heterocycles. The van der Waals surface area contributed by atoms with Crippen LogP contribution in [0, 0.1) is 34.5 Å². The van der Waals surface area contributed by atoms with E-state index < -0.39 is 59.2 Å². The number of hydrogen-bond acceptors (Lipinski definition) is 7. The highest BCUT2D eigenvalue weighted by atomic mass is 16.5. The summed E-state index contributed by atoms with van der Waals surface area (Å²) in [5, 5.41) is 8.48. The Kier molecular flexibility index (Phi) is 10.8. The predicted octanol–water partition coefficient (Wildman–Crippen LogP) is 2.81. The minimum Gasteiger partial charge on any atom is -0.461 e. The second kappa shape index (κ2) is 13.9. The summed E-state index contributed by atoms with van der Waals surface area (Å²) in [7, 11) is 0. The maximum absolute atomic E-state index is 14.5. The number of carbonyl (C=O) groups excluding carboxylic acids is 6. The first kappa shape index (κ1) is 35.7. The first-order valence-electron chi connectivity index (χ1n) is 17.2. The summed E-state index contributed by atoms with van der Waals surface area (Å²) >= 11 is 0. The molecule has 12 nitrogen and oxygen atoms in total. The number of likely N-dealkylation sites (tertiary alicyclic amines) is 1. The molecule has 0 spiro atoms. The lowest BCUT2D eigenvalue weighted by Crippen LogP contribution is -2.62. The highest BCUT2D eigenvalue weighted by Crippen LogP contribution is 2.65. The number of fused-ring (bicyclic) bond motifs is 1. The van der Waals surface area contributed by atoms with Crippen LogP contribution >= 0.6 is 0 Å². The van der Waals surface area contributed by atoms with E-state index in [4.69, 9.17) is 10.5 Å². The van der Waals surface area contributed by atoms with Gasteiger partial charge in [-0.05, 0) is 67.6 Å². The summed E-state index contributed by atoms with van der Waals surface area (Å²) in [6, 6.07) is -4.40. The van der Waals surface area contributed by atoms with Crippen molar-refractivity contribution < 1.29 is 33.5 Å². The van der Waals surface area contributed by atoms with E-state index in [1.807, 2.05) is 20.8 Å². The number of nitrogens with two attached hydrogens (primary N) is 1. The van der Waals surface area contributed by atoms with E-state index in [9.17, 15) is 28.8 Å². The predicted molar refractivity (Wildman–Crippen MR) is 171 cm³/mol. The average Bonchev–Trinajstić information content (AvgIpc) is 3.26. The molecule has 0 bridgehead atoms. The van der Waals surface area contributed by atoms with Crippen LogP contribution in [0.25, 0.3) is 0 Å². The Balaban J connectivity index is 1.56. The number of carbonyl (C=O) groups is 6. The highest BCUT2D eigenvalue weighted by Gasteiger charge is 2.69. The summed E-state index contributed by atoms with van der Waals surface area (Å²) in [5.74, 6) is -3.24. The Morgan fingerprint density at radius 3 is 2.07 bits per heavy atom. The molecule has 3 saturated carbocycles. The zero-order chi connectivity index (χ0) is 34.1. The third kappa shape index (κ3) is 7.85. The van der Waals surface area contributed by atoms with Crippen LogP contribution in [-0.2, 0) is 28.7 Å². The van der Waals surface area contributed by atoms with Gasteiger partial charge < -0.3 is 31.3 Å². The molecule has 46 heavy (non-hydrogen) atoms. The van der Waals surface area contributed by atoms with E-state index in [-0.39, 0.29) is 41.1 Å². The normalized spacial score (nSPS) is 26.2. The molecule has 1 unspecified atom stereocenters. The molecule has 6 atom stereocenters. The standard InChI is InChI=1S/C34H55N5O7/c1-18(2)46-31(44)27(33(3,4)5)38-32(45)37-24(20-14-9-8-10-15-20)30(43)39-17-21-23(34(21,6)7)25(39)29(42)36-22(26(40)28(35)41)16-19-12-11-13-19/h18-25,27H,8-17H2,1-7H3,(H2,35,41)(H,36,42)(H2,37,38,45)/t21-,22?,23-,24-,25-,27+/m0/s1. The fourth-order valence-electron chi connectivity index (χ4n) is 7.81. The molecule has 0 radical (unpaired) electrons. The number of nitrogens with one attached hydrogen (secondary N) is 3. The van der Waals surface area contributed by atoms with E-state index in [0.717, 1.165) is 51.4 Å². The van der Waals surface area contributed by atoms with Gasteiger partial charge in [0.15, 0.2) is 0 Å². The van der Waals surface area contributed by atoms with Crippen molar-refractivity contribution in [2.24, 2.45) is 40.2 Å².